The second-order valence-corrected chi connectivity index (χ2v) is 11.6. The smallest absolute Gasteiger partial charge is 0.315 e. The predicted molar refractivity (Wildman–Crippen MR) is 167 cm³/mol. The molecule has 230 valence electrons. The van der Waals surface area contributed by atoms with E-state index in [9.17, 15) is 9.90 Å². The normalized spacial score (nSPS) is 24.1. The van der Waals surface area contributed by atoms with Crippen molar-refractivity contribution in [2.24, 2.45) is 5.92 Å². The monoisotopic (exact) mass is 587 g/mol. The fourth-order valence-electron chi connectivity index (χ4n) is 6.17. The number of benzene rings is 3. The summed E-state index contributed by atoms with van der Waals surface area (Å²) in [7, 11) is 1.77. The number of methoxy groups -OCH3 is 1. The zero-order valence-corrected chi connectivity index (χ0v) is 25.5. The Labute approximate surface area is 255 Å². The highest BCUT2D eigenvalue weighted by Gasteiger charge is 2.40. The van der Waals surface area contributed by atoms with Gasteiger partial charge in [0.1, 0.15) is 0 Å². The summed E-state index contributed by atoms with van der Waals surface area (Å²) in [4.78, 5) is 14.3. The Morgan fingerprint density at radius 1 is 0.977 bits per heavy atom. The fourth-order valence-corrected chi connectivity index (χ4v) is 6.17. The van der Waals surface area contributed by atoms with Gasteiger partial charge in [0, 0.05) is 44.3 Å². The molecule has 0 saturated carbocycles. The van der Waals surface area contributed by atoms with Crippen LogP contribution in [0.5, 0.6) is 0 Å². The first-order chi connectivity index (χ1) is 21.0. The number of carbonyl (C=O) groups excluding carboxylic acids is 1. The van der Waals surface area contributed by atoms with Gasteiger partial charge in [0.25, 0.3) is 0 Å². The summed E-state index contributed by atoms with van der Waals surface area (Å²) in [6.07, 6.45) is 1.65. The van der Waals surface area contributed by atoms with Crippen LogP contribution < -0.4 is 10.6 Å². The zero-order chi connectivity index (χ0) is 30.2. The number of amides is 2. The van der Waals surface area contributed by atoms with Crippen molar-refractivity contribution in [3.05, 3.63) is 95.1 Å². The van der Waals surface area contributed by atoms with Crippen LogP contribution in [0.15, 0.2) is 72.8 Å². The third-order valence-electron chi connectivity index (χ3n) is 8.63. The number of urea groups is 1. The Kier molecular flexibility index (Phi) is 10.8. The van der Waals surface area contributed by atoms with Crippen LogP contribution in [-0.4, -0.2) is 61.5 Å². The lowest BCUT2D eigenvalue weighted by molar-refractivity contribution is -0.276. The van der Waals surface area contributed by atoms with Gasteiger partial charge in [-0.1, -0.05) is 73.7 Å². The Bertz CT molecular complexity index is 1320. The van der Waals surface area contributed by atoms with E-state index in [0.717, 1.165) is 59.5 Å². The van der Waals surface area contributed by atoms with Crippen molar-refractivity contribution in [1.29, 1.82) is 0 Å². The second kappa shape index (κ2) is 14.9. The molecule has 3 aromatic rings. The molecule has 5 rings (SSSR count). The number of aliphatic hydroxyl groups is 1. The summed E-state index contributed by atoms with van der Waals surface area (Å²) in [6, 6.07) is 24.9. The summed E-state index contributed by atoms with van der Waals surface area (Å²) in [5.74, 6) is 0.134. The van der Waals surface area contributed by atoms with Crippen molar-refractivity contribution in [3.8, 4) is 11.1 Å². The van der Waals surface area contributed by atoms with Gasteiger partial charge in [-0.15, -0.1) is 0 Å². The van der Waals surface area contributed by atoms with Crippen LogP contribution in [0.1, 0.15) is 61.3 Å². The van der Waals surface area contributed by atoms with Crippen molar-refractivity contribution < 1.29 is 24.1 Å². The summed E-state index contributed by atoms with van der Waals surface area (Å²) in [5.41, 5.74) is 6.15. The minimum atomic E-state index is -0.506. The van der Waals surface area contributed by atoms with E-state index < -0.39 is 6.29 Å². The molecule has 0 spiro atoms. The van der Waals surface area contributed by atoms with Gasteiger partial charge in [0.05, 0.1) is 25.4 Å². The second-order valence-electron chi connectivity index (χ2n) is 11.6. The molecular weight excluding hydrogens is 542 g/mol. The van der Waals surface area contributed by atoms with E-state index in [1.807, 2.05) is 31.2 Å². The largest absolute Gasteiger partial charge is 0.392 e. The number of nitrogens with zero attached hydrogens (tertiary/aromatic N) is 1. The number of aliphatic hydroxyl groups excluding tert-OH is 1. The molecule has 8 heteroatoms. The Hall–Kier alpha value is -3.27. The lowest BCUT2D eigenvalue weighted by atomic mass is 9.89. The average molecular weight is 588 g/mol. The minimum absolute atomic E-state index is 0.0194. The molecule has 0 bridgehead atoms. The molecule has 2 saturated heterocycles. The number of likely N-dealkylation sites (tertiary alicyclic amines) is 1. The molecule has 5 atom stereocenters. The summed E-state index contributed by atoms with van der Waals surface area (Å²) >= 11 is 0. The molecule has 8 nitrogen and oxygen atoms in total. The molecule has 0 radical (unpaired) electrons. The molecule has 0 aromatic heterocycles. The van der Waals surface area contributed by atoms with Crippen LogP contribution in [-0.2, 0) is 27.4 Å². The van der Waals surface area contributed by atoms with Crippen molar-refractivity contribution in [1.82, 2.24) is 15.5 Å². The molecule has 2 amide bonds. The Morgan fingerprint density at radius 3 is 2.47 bits per heavy atom. The van der Waals surface area contributed by atoms with Crippen molar-refractivity contribution in [3.63, 3.8) is 0 Å². The van der Waals surface area contributed by atoms with Gasteiger partial charge >= 0.3 is 6.03 Å². The zero-order valence-electron chi connectivity index (χ0n) is 25.5. The first-order valence-corrected chi connectivity index (χ1v) is 15.4. The van der Waals surface area contributed by atoms with Gasteiger partial charge in [0.2, 0.25) is 0 Å². The maximum Gasteiger partial charge on any atom is 0.315 e. The molecular formula is C35H45N3O5. The predicted octanol–water partition coefficient (Wildman–Crippen LogP) is 5.57. The van der Waals surface area contributed by atoms with E-state index in [1.54, 1.807) is 7.11 Å². The van der Waals surface area contributed by atoms with E-state index in [-0.39, 0.29) is 30.8 Å². The van der Waals surface area contributed by atoms with Gasteiger partial charge < -0.3 is 30.0 Å². The maximum atomic E-state index is 11.8. The number of carbonyl (C=O) groups is 1. The van der Waals surface area contributed by atoms with Crippen LogP contribution in [0.25, 0.3) is 11.1 Å². The van der Waals surface area contributed by atoms with Crippen LogP contribution in [0.2, 0.25) is 0 Å². The SMILES string of the molecule is CCNC(=O)NCc1cccc(-c2ccc([C@H]3O[C@@H](CN4CCC[C@H]4COC)[C@@H](C)[C@@H](c4ccc(CO)cc4)O3)cc2)c1. The van der Waals surface area contributed by atoms with Crippen LogP contribution in [0.4, 0.5) is 4.79 Å². The number of nitrogens with one attached hydrogen (secondary N) is 2. The van der Waals surface area contributed by atoms with Gasteiger partial charge in [-0.05, 0) is 60.2 Å². The molecule has 2 aliphatic rings. The highest BCUT2D eigenvalue weighted by molar-refractivity contribution is 5.73. The molecule has 0 unspecified atom stereocenters. The van der Waals surface area contributed by atoms with E-state index in [2.05, 4.69) is 71.0 Å². The first kappa shape index (κ1) is 31.2. The third-order valence-corrected chi connectivity index (χ3v) is 8.63. The minimum Gasteiger partial charge on any atom is -0.392 e. The number of ether oxygens (including phenoxy) is 3. The lowest BCUT2D eigenvalue weighted by Crippen LogP contribution is -2.46. The van der Waals surface area contributed by atoms with Crippen LogP contribution in [0.3, 0.4) is 0 Å². The first-order valence-electron chi connectivity index (χ1n) is 15.4. The average Bonchev–Trinajstić information content (AvgIpc) is 3.48. The van der Waals surface area contributed by atoms with Gasteiger partial charge in [-0.25, -0.2) is 4.79 Å². The van der Waals surface area contributed by atoms with E-state index in [0.29, 0.717) is 19.1 Å². The molecule has 43 heavy (non-hydrogen) atoms. The van der Waals surface area contributed by atoms with Crippen molar-refractivity contribution in [2.75, 3.05) is 33.4 Å². The standard InChI is InChI=1S/C35H45N3O5/c1-4-36-35(40)37-20-26-7-5-8-30(19-26)27-14-16-29(17-15-27)34-42-32(21-38-18-6-9-31(38)23-41-3)24(2)33(43-34)28-12-10-25(22-39)11-13-28/h5,7-8,10-17,19,24,31-34,39H,4,6,9,18,20-23H2,1-3H3,(H2,36,37,40)/t24-,31+,32+,33+,34+/m1/s1. The van der Waals surface area contributed by atoms with Crippen molar-refractivity contribution in [2.45, 2.75) is 64.4 Å². The quantitative estimate of drug-likeness (QED) is 0.272. The van der Waals surface area contributed by atoms with E-state index in [4.69, 9.17) is 14.2 Å². The topological polar surface area (TPSA) is 92.3 Å². The third kappa shape index (κ3) is 7.82. The molecule has 0 aliphatic carbocycles. The van der Waals surface area contributed by atoms with E-state index in [1.165, 1.54) is 6.42 Å². The Morgan fingerprint density at radius 2 is 1.74 bits per heavy atom. The van der Waals surface area contributed by atoms with Crippen LogP contribution in [0, 0.1) is 5.92 Å². The molecule has 2 heterocycles. The fraction of sp³-hybridized carbons (Fsp3) is 0.457. The summed E-state index contributed by atoms with van der Waals surface area (Å²) < 4.78 is 18.9. The maximum absolute atomic E-state index is 11.8. The molecule has 2 fully saturated rings. The lowest BCUT2D eigenvalue weighted by Gasteiger charge is -2.43. The number of hydrogen-bond donors (Lipinski definition) is 3. The van der Waals surface area contributed by atoms with Gasteiger partial charge in [-0.2, -0.15) is 0 Å². The summed E-state index contributed by atoms with van der Waals surface area (Å²) in [6.45, 7) is 7.80. The molecule has 3 N–H and O–H groups in total. The summed E-state index contributed by atoms with van der Waals surface area (Å²) in [5, 5.41) is 15.2. The Balaban J connectivity index is 1.34. The van der Waals surface area contributed by atoms with Crippen molar-refractivity contribution >= 4 is 6.03 Å². The number of hydrogen-bond acceptors (Lipinski definition) is 6. The molecule has 3 aromatic carbocycles. The highest BCUT2D eigenvalue weighted by Crippen LogP contribution is 2.42. The molecule has 2 aliphatic heterocycles. The highest BCUT2D eigenvalue weighted by atomic mass is 16.7. The van der Waals surface area contributed by atoms with Gasteiger partial charge in [0.15, 0.2) is 6.29 Å². The van der Waals surface area contributed by atoms with Gasteiger partial charge in [-0.3, -0.25) is 4.90 Å². The number of rotatable bonds is 11. The van der Waals surface area contributed by atoms with Crippen LogP contribution >= 0.6 is 0 Å². The van der Waals surface area contributed by atoms with E-state index >= 15 is 0 Å².